The summed E-state index contributed by atoms with van der Waals surface area (Å²) >= 11 is 5.06. The normalized spacial score (nSPS) is 17.8. The van der Waals surface area contributed by atoms with Crippen molar-refractivity contribution < 1.29 is 5.11 Å². The molecule has 30 heavy (non-hydrogen) atoms. The molecule has 1 N–H and O–H groups in total. The second-order valence-electron chi connectivity index (χ2n) is 8.40. The lowest BCUT2D eigenvalue weighted by Crippen LogP contribution is -2.31. The Kier molecular flexibility index (Phi) is 4.56. The Bertz CT molecular complexity index is 1290. The van der Waals surface area contributed by atoms with Gasteiger partial charge >= 0.3 is 0 Å². The zero-order valence-corrected chi connectivity index (χ0v) is 19.3. The summed E-state index contributed by atoms with van der Waals surface area (Å²) < 4.78 is 2.99. The minimum Gasteiger partial charge on any atom is -0.493 e. The molecule has 2 aromatic heterocycles. The summed E-state index contributed by atoms with van der Waals surface area (Å²) in [4.78, 5) is 4.58. The van der Waals surface area contributed by atoms with Crippen molar-refractivity contribution in [3.8, 4) is 17.1 Å². The molecule has 1 aliphatic heterocycles. The maximum Gasteiger partial charge on any atom is 0.230 e. The Morgan fingerprint density at radius 1 is 1.20 bits per heavy atom. The molecule has 152 valence electrons. The van der Waals surface area contributed by atoms with Gasteiger partial charge in [0.1, 0.15) is 0 Å². The second-order valence-corrected chi connectivity index (χ2v) is 10.1. The molecule has 0 saturated carbocycles. The largest absolute Gasteiger partial charge is 0.493 e. The van der Waals surface area contributed by atoms with E-state index < -0.39 is 0 Å². The summed E-state index contributed by atoms with van der Waals surface area (Å²) in [5, 5.41) is 23.4. The average molecular weight is 481 g/mol. The van der Waals surface area contributed by atoms with Crippen molar-refractivity contribution in [1.29, 1.82) is 0 Å². The van der Waals surface area contributed by atoms with Crippen molar-refractivity contribution >= 4 is 49.0 Å². The highest BCUT2D eigenvalue weighted by Gasteiger charge is 2.36. The first-order chi connectivity index (χ1) is 14.3. The lowest BCUT2D eigenvalue weighted by molar-refractivity contribution is 0.267. The first-order valence-corrected chi connectivity index (χ1v) is 11.5. The molecule has 4 aromatic rings. The van der Waals surface area contributed by atoms with Crippen molar-refractivity contribution in [3.05, 3.63) is 57.9 Å². The van der Waals surface area contributed by atoms with Crippen LogP contribution in [0.1, 0.15) is 38.7 Å². The second kappa shape index (κ2) is 7.03. The summed E-state index contributed by atoms with van der Waals surface area (Å²) in [6, 6.07) is 14.2. The van der Waals surface area contributed by atoms with Crippen LogP contribution in [-0.4, -0.2) is 14.7 Å². The molecular formula is C23H21BrN4OS. The minimum atomic E-state index is -0.210. The molecule has 0 aliphatic carbocycles. The molecule has 5 rings (SSSR count). The predicted molar refractivity (Wildman–Crippen MR) is 125 cm³/mol. The van der Waals surface area contributed by atoms with Crippen LogP contribution < -0.4 is 0 Å². The Morgan fingerprint density at radius 2 is 1.97 bits per heavy atom. The Labute approximate surface area is 187 Å². The molecule has 0 spiro atoms. The van der Waals surface area contributed by atoms with Crippen molar-refractivity contribution in [2.75, 3.05) is 0 Å². The lowest BCUT2D eigenvalue weighted by Gasteiger charge is -2.36. The molecule has 0 amide bonds. The van der Waals surface area contributed by atoms with E-state index in [0.717, 1.165) is 33.1 Å². The Morgan fingerprint density at radius 3 is 2.73 bits per heavy atom. The average Bonchev–Trinajstić information content (AvgIpc) is 3.28. The maximum atomic E-state index is 11.1. The van der Waals surface area contributed by atoms with Gasteiger partial charge < -0.3 is 9.67 Å². The van der Waals surface area contributed by atoms with Crippen LogP contribution in [0.15, 0.2) is 62.5 Å². The Hall–Kier alpha value is -2.51. The molecule has 1 unspecified atom stereocenters. The molecule has 0 saturated heterocycles. The monoisotopic (exact) mass is 480 g/mol. The predicted octanol–water partition coefficient (Wildman–Crippen LogP) is 7.89. The van der Waals surface area contributed by atoms with Gasteiger partial charge in [-0.15, -0.1) is 21.6 Å². The number of azo groups is 1. The number of thiazole rings is 1. The van der Waals surface area contributed by atoms with Gasteiger partial charge in [0.15, 0.2) is 5.69 Å². The number of aromatic nitrogens is 2. The molecule has 0 bridgehead atoms. The molecule has 2 aromatic carbocycles. The van der Waals surface area contributed by atoms with E-state index >= 15 is 0 Å². The number of nitrogens with zero attached hydrogens (tertiary/aromatic N) is 4. The van der Waals surface area contributed by atoms with Crippen molar-refractivity contribution in [1.82, 2.24) is 9.55 Å². The van der Waals surface area contributed by atoms with E-state index in [1.165, 1.54) is 16.9 Å². The Balaban J connectivity index is 1.62. The number of hydrogen-bond acceptors (Lipinski definition) is 5. The maximum absolute atomic E-state index is 11.1. The third kappa shape index (κ3) is 3.08. The van der Waals surface area contributed by atoms with Gasteiger partial charge in [-0.2, -0.15) is 0 Å². The third-order valence-electron chi connectivity index (χ3n) is 5.75. The van der Waals surface area contributed by atoms with Crippen LogP contribution in [0.2, 0.25) is 0 Å². The SMILES string of the molecule is CC1CC(C)(C)n2c(O)c(N=Nc3nc(-c4ccccc4)cs3)c3cc(Br)cc1c32. The number of halogens is 1. The smallest absolute Gasteiger partial charge is 0.230 e. The number of rotatable bonds is 3. The van der Waals surface area contributed by atoms with E-state index in [1.807, 2.05) is 46.3 Å². The summed E-state index contributed by atoms with van der Waals surface area (Å²) in [5.74, 6) is 0.545. The summed E-state index contributed by atoms with van der Waals surface area (Å²) in [6.45, 7) is 6.54. The van der Waals surface area contributed by atoms with E-state index in [2.05, 4.69) is 58.0 Å². The van der Waals surface area contributed by atoms with Gasteiger partial charge in [0, 0.05) is 26.3 Å². The van der Waals surface area contributed by atoms with Gasteiger partial charge in [-0.3, -0.25) is 0 Å². The van der Waals surface area contributed by atoms with E-state index in [4.69, 9.17) is 0 Å². The summed E-state index contributed by atoms with van der Waals surface area (Å²) in [7, 11) is 0. The van der Waals surface area contributed by atoms with Crippen molar-refractivity contribution in [2.45, 2.75) is 38.6 Å². The molecule has 0 fully saturated rings. The van der Waals surface area contributed by atoms with Gasteiger partial charge in [-0.25, -0.2) is 4.98 Å². The standard InChI is InChI=1S/C23H21BrN4OS/c1-13-11-23(2,3)28-20-16(13)9-15(24)10-17(20)19(21(28)29)26-27-22-25-18(12-30-22)14-7-5-4-6-8-14/h4-10,12-13,29H,11H2,1-3H3. The lowest BCUT2D eigenvalue weighted by atomic mass is 9.82. The number of aromatic hydroxyl groups is 1. The summed E-state index contributed by atoms with van der Waals surface area (Å²) in [5.41, 5.74) is 4.46. The van der Waals surface area contributed by atoms with Crippen LogP contribution >= 0.6 is 27.3 Å². The molecule has 1 aliphatic rings. The minimum absolute atomic E-state index is 0.157. The van der Waals surface area contributed by atoms with Crippen LogP contribution in [0.5, 0.6) is 5.88 Å². The zero-order chi connectivity index (χ0) is 21.0. The molecule has 3 heterocycles. The van der Waals surface area contributed by atoms with Crippen LogP contribution in [0, 0.1) is 0 Å². The topological polar surface area (TPSA) is 62.8 Å². The van der Waals surface area contributed by atoms with E-state index in [-0.39, 0.29) is 11.4 Å². The molecule has 1 atom stereocenters. The van der Waals surface area contributed by atoms with Gasteiger partial charge in [0.25, 0.3) is 0 Å². The van der Waals surface area contributed by atoms with Crippen LogP contribution in [-0.2, 0) is 5.54 Å². The van der Waals surface area contributed by atoms with Gasteiger partial charge in [0.2, 0.25) is 11.0 Å². The number of hydrogen-bond donors (Lipinski definition) is 1. The van der Waals surface area contributed by atoms with E-state index in [9.17, 15) is 5.11 Å². The molecule has 0 radical (unpaired) electrons. The van der Waals surface area contributed by atoms with E-state index in [0.29, 0.717) is 16.7 Å². The van der Waals surface area contributed by atoms with Gasteiger partial charge in [-0.05, 0) is 43.9 Å². The number of benzene rings is 2. The van der Waals surface area contributed by atoms with Crippen molar-refractivity contribution in [2.24, 2.45) is 10.2 Å². The van der Waals surface area contributed by atoms with Gasteiger partial charge in [-0.1, -0.05) is 53.2 Å². The van der Waals surface area contributed by atoms with Crippen molar-refractivity contribution in [3.63, 3.8) is 0 Å². The van der Waals surface area contributed by atoms with Crippen LogP contribution in [0.4, 0.5) is 10.8 Å². The van der Waals surface area contributed by atoms with E-state index in [1.54, 1.807) is 0 Å². The van der Waals surface area contributed by atoms with Crippen LogP contribution in [0.25, 0.3) is 22.2 Å². The first kappa shape index (κ1) is 19.5. The molecule has 5 nitrogen and oxygen atoms in total. The molecule has 7 heteroatoms. The fourth-order valence-corrected chi connectivity index (χ4v) is 5.66. The highest BCUT2D eigenvalue weighted by Crippen LogP contribution is 2.51. The quantitative estimate of drug-likeness (QED) is 0.303. The first-order valence-electron chi connectivity index (χ1n) is 9.85. The van der Waals surface area contributed by atoms with Crippen LogP contribution in [0.3, 0.4) is 0 Å². The summed E-state index contributed by atoms with van der Waals surface area (Å²) in [6.07, 6.45) is 0.942. The van der Waals surface area contributed by atoms with Gasteiger partial charge in [0.05, 0.1) is 11.2 Å². The fourth-order valence-electron chi connectivity index (χ4n) is 4.54. The molecular weight excluding hydrogens is 460 g/mol. The zero-order valence-electron chi connectivity index (χ0n) is 16.9. The third-order valence-corrected chi connectivity index (χ3v) is 6.93. The fraction of sp³-hybridized carbons (Fsp3) is 0.261. The highest BCUT2D eigenvalue weighted by atomic mass is 79.9. The highest BCUT2D eigenvalue weighted by molar-refractivity contribution is 9.10.